The van der Waals surface area contributed by atoms with Gasteiger partial charge in [-0.1, -0.05) is 113 Å². The Balaban J connectivity index is 0.00000382. The lowest BCUT2D eigenvalue weighted by Crippen LogP contribution is -2.21. The van der Waals surface area contributed by atoms with Gasteiger partial charge < -0.3 is 9.09 Å². The van der Waals surface area contributed by atoms with E-state index in [2.05, 4.69) is 36.8 Å². The molecule has 0 amide bonds. The summed E-state index contributed by atoms with van der Waals surface area (Å²) in [5, 5.41) is 0.677. The van der Waals surface area contributed by atoms with Crippen LogP contribution in [0.15, 0.2) is 23.1 Å². The minimum Gasteiger partial charge on any atom is -0.361 e. The maximum absolute atomic E-state index is 13.5. The van der Waals surface area contributed by atoms with Crippen LogP contribution in [-0.2, 0) is 23.9 Å². The zero-order chi connectivity index (χ0) is 31.3. The maximum atomic E-state index is 13.5. The lowest BCUT2D eigenvalue weighted by atomic mass is 9.94. The highest BCUT2D eigenvalue weighted by Gasteiger charge is 2.17. The molecule has 0 atom stereocenters. The fraction of sp³-hybridized carbons (Fsp3) is 0.694. The van der Waals surface area contributed by atoms with Crippen LogP contribution in [0.2, 0.25) is 0 Å². The smallest absolute Gasteiger partial charge is 0.200 e. The van der Waals surface area contributed by atoms with Crippen LogP contribution in [0.5, 0.6) is 0 Å². The van der Waals surface area contributed by atoms with Crippen LogP contribution in [0, 0.1) is 0 Å². The second-order valence-electron chi connectivity index (χ2n) is 11.1. The van der Waals surface area contributed by atoms with Gasteiger partial charge in [0.1, 0.15) is 0 Å². The number of carbonyl (C=O) groups excluding carboxylic acids is 1. The number of fused-ring (bicyclic) bond motifs is 1. The van der Waals surface area contributed by atoms with Crippen molar-refractivity contribution in [1.29, 1.82) is 0 Å². The SMILES string of the molecule is C=P(C)(C)OCCn1cc(C(=O)CCC)c(=O)c2cc(CCCCCCCCCCC)c(CCC)cc21.CC.CC. The molecule has 0 saturated carbocycles. The normalized spacial score (nSPS) is 11.0. The molecule has 1 aromatic carbocycles. The van der Waals surface area contributed by atoms with Crippen molar-refractivity contribution in [2.24, 2.45) is 0 Å². The number of carbonyl (C=O) groups is 1. The monoisotopic (exact) mass is 589 g/mol. The zero-order valence-electron chi connectivity index (χ0n) is 28.4. The molecule has 0 aliphatic heterocycles. The third-order valence-corrected chi connectivity index (χ3v) is 7.90. The van der Waals surface area contributed by atoms with Crippen molar-refractivity contribution in [3.63, 3.8) is 0 Å². The number of Topliss-reactive ketones (excluding diaryl/α,β-unsaturated/α-hetero) is 1. The Bertz CT molecular complexity index is 1100. The van der Waals surface area contributed by atoms with E-state index in [-0.39, 0.29) is 11.2 Å². The fourth-order valence-electron chi connectivity index (χ4n) is 5.02. The molecule has 0 aliphatic carbocycles. The molecule has 0 fully saturated rings. The first-order chi connectivity index (χ1) is 19.7. The summed E-state index contributed by atoms with van der Waals surface area (Å²) in [5.74, 6) is -0.0628. The Labute approximate surface area is 253 Å². The van der Waals surface area contributed by atoms with Crippen molar-refractivity contribution in [2.45, 2.75) is 145 Å². The van der Waals surface area contributed by atoms with Gasteiger partial charge in [-0.3, -0.25) is 9.59 Å². The van der Waals surface area contributed by atoms with Gasteiger partial charge in [0.2, 0.25) is 0 Å². The highest BCUT2D eigenvalue weighted by Crippen LogP contribution is 2.36. The fourth-order valence-corrected chi connectivity index (χ4v) is 5.59. The highest BCUT2D eigenvalue weighted by atomic mass is 31.2. The first kappa shape index (κ1) is 39.4. The third kappa shape index (κ3) is 14.9. The van der Waals surface area contributed by atoms with Gasteiger partial charge in [-0.05, 0) is 69.4 Å². The van der Waals surface area contributed by atoms with Crippen LogP contribution in [0.3, 0.4) is 0 Å². The van der Waals surface area contributed by atoms with Crippen molar-refractivity contribution in [3.05, 3.63) is 45.2 Å². The first-order valence-electron chi connectivity index (χ1n) is 16.8. The van der Waals surface area contributed by atoms with Crippen LogP contribution < -0.4 is 5.43 Å². The molecule has 0 radical (unpaired) electrons. The van der Waals surface area contributed by atoms with Gasteiger partial charge in [0.25, 0.3) is 0 Å². The topological polar surface area (TPSA) is 48.3 Å². The van der Waals surface area contributed by atoms with E-state index in [4.69, 9.17) is 4.52 Å². The number of hydrogen-bond acceptors (Lipinski definition) is 3. The molecule has 0 saturated heterocycles. The second kappa shape index (κ2) is 22.9. The molecule has 0 N–H and O–H groups in total. The average molecular weight is 590 g/mol. The molecule has 0 bridgehead atoms. The van der Waals surface area contributed by atoms with Crippen LogP contribution in [0.1, 0.15) is 147 Å². The number of aryl methyl sites for hydroxylation is 2. The third-order valence-electron chi connectivity index (χ3n) is 7.02. The number of rotatable bonds is 19. The Morgan fingerprint density at radius 2 is 1.37 bits per heavy atom. The van der Waals surface area contributed by atoms with E-state index >= 15 is 0 Å². The predicted molar refractivity (Wildman–Crippen MR) is 187 cm³/mol. The van der Waals surface area contributed by atoms with Gasteiger partial charge in [-0.25, -0.2) is 0 Å². The minimum atomic E-state index is -1.61. The van der Waals surface area contributed by atoms with Crippen LogP contribution >= 0.6 is 7.11 Å². The van der Waals surface area contributed by atoms with E-state index in [9.17, 15) is 9.59 Å². The van der Waals surface area contributed by atoms with Crippen LogP contribution in [-0.4, -0.2) is 36.6 Å². The molecular formula is C36H64NO3P. The van der Waals surface area contributed by atoms with E-state index in [1.54, 1.807) is 6.20 Å². The van der Waals surface area contributed by atoms with Crippen molar-refractivity contribution < 1.29 is 9.32 Å². The predicted octanol–water partition coefficient (Wildman–Crippen LogP) is 10.7. The largest absolute Gasteiger partial charge is 0.361 e. The van der Waals surface area contributed by atoms with E-state index < -0.39 is 7.11 Å². The zero-order valence-corrected chi connectivity index (χ0v) is 29.3. The van der Waals surface area contributed by atoms with Gasteiger partial charge in [0.05, 0.1) is 17.7 Å². The van der Waals surface area contributed by atoms with Crippen molar-refractivity contribution >= 4 is 30.1 Å². The Kier molecular flexibility index (Phi) is 22.0. The van der Waals surface area contributed by atoms with Crippen molar-refractivity contribution in [3.8, 4) is 0 Å². The lowest BCUT2D eigenvalue weighted by Gasteiger charge is -2.19. The van der Waals surface area contributed by atoms with Crippen LogP contribution in [0.25, 0.3) is 10.9 Å². The van der Waals surface area contributed by atoms with Gasteiger partial charge in [0, 0.05) is 24.5 Å². The summed E-state index contributed by atoms with van der Waals surface area (Å²) in [6.45, 7) is 19.7. The number of nitrogens with zero attached hydrogens (tertiary/aromatic N) is 1. The molecular weight excluding hydrogens is 525 g/mol. The molecule has 2 rings (SSSR count). The summed E-state index contributed by atoms with van der Waals surface area (Å²) in [7, 11) is -1.61. The van der Waals surface area contributed by atoms with E-state index in [0.29, 0.717) is 30.5 Å². The first-order valence-corrected chi connectivity index (χ1v) is 19.6. The van der Waals surface area contributed by atoms with Gasteiger partial charge in [-0.2, -0.15) is 0 Å². The molecule has 0 aliphatic rings. The number of benzene rings is 1. The summed E-state index contributed by atoms with van der Waals surface area (Å²) >= 11 is 0. The molecule has 1 heterocycles. The number of hydrogen-bond donors (Lipinski definition) is 0. The summed E-state index contributed by atoms with van der Waals surface area (Å²) < 4.78 is 8.06. The summed E-state index contributed by atoms with van der Waals surface area (Å²) in [6.07, 6.45) is 21.8. The van der Waals surface area contributed by atoms with Crippen molar-refractivity contribution in [1.82, 2.24) is 4.57 Å². The molecule has 2 aromatic rings. The molecule has 236 valence electrons. The van der Waals surface area contributed by atoms with Gasteiger partial charge in [-0.15, -0.1) is 0 Å². The number of aromatic nitrogens is 1. The standard InChI is InChI=1S/C32H52NO3P.2C2H6/c1-7-10-11-12-13-14-15-16-17-20-27-23-28-30(24-26(27)18-8-2)33(21-22-36-37(4,5)6)25-29(32(28)35)31(34)19-9-3;2*1-2/h23-25H,4,7-22H2,1-3,5-6H3;2*1-2H3. The summed E-state index contributed by atoms with van der Waals surface area (Å²) in [4.78, 5) is 26.4. The van der Waals surface area contributed by atoms with Gasteiger partial charge in [0.15, 0.2) is 11.2 Å². The molecule has 1 aromatic heterocycles. The second-order valence-corrected chi connectivity index (χ2v) is 14.5. The summed E-state index contributed by atoms with van der Waals surface area (Å²) in [6, 6.07) is 4.31. The molecule has 0 spiro atoms. The quantitative estimate of drug-likeness (QED) is 0.0930. The highest BCUT2D eigenvalue weighted by molar-refractivity contribution is 7.67. The van der Waals surface area contributed by atoms with Gasteiger partial charge >= 0.3 is 0 Å². The molecule has 0 unspecified atom stereocenters. The van der Waals surface area contributed by atoms with Crippen LogP contribution in [0.4, 0.5) is 0 Å². The minimum absolute atomic E-state index is 0.0628. The van der Waals surface area contributed by atoms with E-state index in [1.807, 2.05) is 47.9 Å². The number of ketones is 1. The Morgan fingerprint density at radius 3 is 1.90 bits per heavy atom. The molecule has 5 heteroatoms. The maximum Gasteiger partial charge on any atom is 0.200 e. The Hall–Kier alpha value is -1.64. The van der Waals surface area contributed by atoms with Crippen molar-refractivity contribution in [2.75, 3.05) is 19.9 Å². The average Bonchev–Trinajstić information content (AvgIpc) is 2.95. The van der Waals surface area contributed by atoms with E-state index in [1.165, 1.54) is 62.5 Å². The summed E-state index contributed by atoms with van der Waals surface area (Å²) in [5.41, 5.74) is 3.73. The lowest BCUT2D eigenvalue weighted by molar-refractivity contribution is 0.0980. The Morgan fingerprint density at radius 1 is 0.805 bits per heavy atom. The molecule has 4 nitrogen and oxygen atoms in total. The molecule has 41 heavy (non-hydrogen) atoms. The van der Waals surface area contributed by atoms with E-state index in [0.717, 1.165) is 37.6 Å². The number of pyridine rings is 1. The number of unbranched alkanes of at least 4 members (excludes halogenated alkanes) is 8.